The molecule has 0 fully saturated rings. The number of likely N-dealkylation sites (N-methyl/N-ethyl adjacent to an activating group) is 1. The van der Waals surface area contributed by atoms with E-state index in [-0.39, 0.29) is 17.7 Å². The van der Waals surface area contributed by atoms with Crippen LogP contribution in [0.25, 0.3) is 10.8 Å². The van der Waals surface area contributed by atoms with E-state index in [1.807, 2.05) is 75.5 Å². The molecule has 0 bridgehead atoms. The quantitative estimate of drug-likeness (QED) is 0.482. The topological polar surface area (TPSA) is 80.3 Å². The van der Waals surface area contributed by atoms with Crippen LogP contribution in [0.1, 0.15) is 37.8 Å². The van der Waals surface area contributed by atoms with Gasteiger partial charge in [0.1, 0.15) is 6.29 Å². The minimum atomic E-state index is -0.269. The second-order valence-corrected chi connectivity index (χ2v) is 7.84. The summed E-state index contributed by atoms with van der Waals surface area (Å²) in [4.78, 5) is 26.6. The fourth-order valence-electron chi connectivity index (χ4n) is 3.05. The summed E-state index contributed by atoms with van der Waals surface area (Å²) in [7, 11) is 1.68. The van der Waals surface area contributed by atoms with E-state index in [4.69, 9.17) is 4.74 Å². The van der Waals surface area contributed by atoms with E-state index in [1.165, 1.54) is 0 Å². The standard InChI is InChI=1S/C22H25N3O2.C4H8O/c1-3-23-14-21(17-6-4-16(5-7-17)15-27-2)22(26)25-20-9-8-19-13-24-11-10-18(19)12-20;1-4(2)3-5/h4-13,21,23H,3,14-15H2,1-2H3,(H,25,26);3-4H,1-2H3. The Balaban J connectivity index is 0.000000654. The van der Waals surface area contributed by atoms with E-state index in [0.717, 1.165) is 40.4 Å². The number of fused-ring (bicyclic) bond motifs is 1. The maximum atomic E-state index is 13.0. The summed E-state index contributed by atoms with van der Waals surface area (Å²) >= 11 is 0. The molecule has 6 heteroatoms. The Morgan fingerprint density at radius 2 is 1.81 bits per heavy atom. The van der Waals surface area contributed by atoms with Gasteiger partial charge in [-0.2, -0.15) is 0 Å². The summed E-state index contributed by atoms with van der Waals surface area (Å²) in [6.07, 6.45) is 4.49. The molecule has 0 aliphatic heterocycles. The molecule has 0 saturated heterocycles. The maximum absolute atomic E-state index is 13.0. The van der Waals surface area contributed by atoms with Crippen LogP contribution in [-0.4, -0.2) is 37.4 Å². The van der Waals surface area contributed by atoms with E-state index in [1.54, 1.807) is 13.3 Å². The van der Waals surface area contributed by atoms with Crippen molar-refractivity contribution in [2.45, 2.75) is 33.3 Å². The van der Waals surface area contributed by atoms with Gasteiger partial charge in [-0.15, -0.1) is 0 Å². The van der Waals surface area contributed by atoms with Gasteiger partial charge in [0, 0.05) is 43.0 Å². The second kappa shape index (κ2) is 13.3. The lowest BCUT2D eigenvalue weighted by molar-refractivity contribution is -0.117. The Kier molecular flexibility index (Phi) is 10.5. The van der Waals surface area contributed by atoms with E-state index in [0.29, 0.717) is 13.2 Å². The van der Waals surface area contributed by atoms with Gasteiger partial charge in [0.25, 0.3) is 0 Å². The van der Waals surface area contributed by atoms with Crippen LogP contribution in [0.4, 0.5) is 5.69 Å². The first kappa shape index (κ1) is 25.2. The van der Waals surface area contributed by atoms with Gasteiger partial charge in [-0.3, -0.25) is 9.78 Å². The van der Waals surface area contributed by atoms with Gasteiger partial charge in [-0.25, -0.2) is 0 Å². The monoisotopic (exact) mass is 435 g/mol. The first-order valence-electron chi connectivity index (χ1n) is 10.9. The van der Waals surface area contributed by atoms with Crippen LogP contribution >= 0.6 is 0 Å². The molecule has 0 aliphatic rings. The molecule has 1 atom stereocenters. The van der Waals surface area contributed by atoms with Crippen LogP contribution in [0.5, 0.6) is 0 Å². The highest BCUT2D eigenvalue weighted by Crippen LogP contribution is 2.22. The molecule has 1 heterocycles. The van der Waals surface area contributed by atoms with Crippen molar-refractivity contribution in [2.24, 2.45) is 5.92 Å². The summed E-state index contributed by atoms with van der Waals surface area (Å²) < 4.78 is 5.16. The van der Waals surface area contributed by atoms with Gasteiger partial charge in [-0.1, -0.05) is 51.1 Å². The van der Waals surface area contributed by atoms with Gasteiger partial charge >= 0.3 is 0 Å². The number of methoxy groups -OCH3 is 1. The number of ether oxygens (including phenoxy) is 1. The predicted molar refractivity (Wildman–Crippen MR) is 130 cm³/mol. The number of nitrogens with zero attached hydrogens (tertiary/aromatic N) is 1. The highest BCUT2D eigenvalue weighted by atomic mass is 16.5. The van der Waals surface area contributed by atoms with Gasteiger partial charge in [0.2, 0.25) is 5.91 Å². The molecule has 32 heavy (non-hydrogen) atoms. The number of carbonyl (C=O) groups is 2. The number of hydrogen-bond donors (Lipinski definition) is 2. The third kappa shape index (κ3) is 7.87. The predicted octanol–water partition coefficient (Wildman–Crippen LogP) is 4.55. The molecule has 170 valence electrons. The lowest BCUT2D eigenvalue weighted by Gasteiger charge is -2.18. The molecule has 2 aromatic carbocycles. The van der Waals surface area contributed by atoms with Crippen molar-refractivity contribution >= 4 is 28.7 Å². The van der Waals surface area contributed by atoms with Crippen molar-refractivity contribution in [1.29, 1.82) is 0 Å². The second-order valence-electron chi connectivity index (χ2n) is 7.84. The molecule has 0 spiro atoms. The van der Waals surface area contributed by atoms with Crippen LogP contribution in [0.2, 0.25) is 0 Å². The first-order chi connectivity index (χ1) is 15.5. The molecule has 3 aromatic rings. The minimum Gasteiger partial charge on any atom is -0.380 e. The number of benzene rings is 2. The molecule has 3 rings (SSSR count). The largest absolute Gasteiger partial charge is 0.380 e. The van der Waals surface area contributed by atoms with Gasteiger partial charge in [0.05, 0.1) is 12.5 Å². The van der Waals surface area contributed by atoms with E-state index < -0.39 is 0 Å². The van der Waals surface area contributed by atoms with Gasteiger partial charge < -0.3 is 20.2 Å². The number of rotatable bonds is 9. The van der Waals surface area contributed by atoms with Crippen molar-refractivity contribution in [3.63, 3.8) is 0 Å². The number of anilines is 1. The van der Waals surface area contributed by atoms with Crippen molar-refractivity contribution in [2.75, 3.05) is 25.5 Å². The van der Waals surface area contributed by atoms with Crippen molar-refractivity contribution in [1.82, 2.24) is 10.3 Å². The number of pyridine rings is 1. The number of aromatic nitrogens is 1. The summed E-state index contributed by atoms with van der Waals surface area (Å²) in [5.74, 6) is -0.0893. The van der Waals surface area contributed by atoms with Crippen molar-refractivity contribution in [3.05, 3.63) is 72.1 Å². The van der Waals surface area contributed by atoms with Crippen LogP contribution in [0.3, 0.4) is 0 Å². The Hall–Kier alpha value is -3.09. The number of aldehydes is 1. The van der Waals surface area contributed by atoms with Crippen LogP contribution in [0, 0.1) is 5.92 Å². The minimum absolute atomic E-state index is 0.0242. The third-order valence-electron chi connectivity index (χ3n) is 4.79. The molecule has 0 saturated carbocycles. The SMILES string of the molecule is CC(C)C=O.CCNCC(C(=O)Nc1ccc2cnccc2c1)c1ccc(COC)cc1. The van der Waals surface area contributed by atoms with Gasteiger partial charge in [0.15, 0.2) is 0 Å². The van der Waals surface area contributed by atoms with Crippen LogP contribution in [0.15, 0.2) is 60.9 Å². The van der Waals surface area contributed by atoms with Crippen molar-refractivity contribution in [3.8, 4) is 0 Å². The molecular weight excluding hydrogens is 402 g/mol. The van der Waals surface area contributed by atoms with Crippen LogP contribution < -0.4 is 10.6 Å². The lowest BCUT2D eigenvalue weighted by atomic mass is 9.96. The Labute approximate surface area is 190 Å². The van der Waals surface area contributed by atoms with Crippen LogP contribution in [-0.2, 0) is 20.9 Å². The van der Waals surface area contributed by atoms with Crippen molar-refractivity contribution < 1.29 is 14.3 Å². The number of nitrogens with one attached hydrogen (secondary N) is 2. The molecule has 1 unspecified atom stereocenters. The highest BCUT2D eigenvalue weighted by molar-refractivity contribution is 5.98. The fraction of sp³-hybridized carbons (Fsp3) is 0.346. The lowest BCUT2D eigenvalue weighted by Crippen LogP contribution is -2.30. The average Bonchev–Trinajstić information content (AvgIpc) is 2.81. The maximum Gasteiger partial charge on any atom is 0.233 e. The van der Waals surface area contributed by atoms with E-state index in [9.17, 15) is 9.59 Å². The Morgan fingerprint density at radius 3 is 2.44 bits per heavy atom. The normalized spacial score (nSPS) is 11.5. The van der Waals surface area contributed by atoms with Gasteiger partial charge in [-0.05, 0) is 41.3 Å². The third-order valence-corrected chi connectivity index (χ3v) is 4.79. The zero-order valence-electron chi connectivity index (χ0n) is 19.3. The zero-order valence-corrected chi connectivity index (χ0v) is 19.3. The summed E-state index contributed by atoms with van der Waals surface area (Å²) in [5.41, 5.74) is 2.86. The summed E-state index contributed by atoms with van der Waals surface area (Å²) in [6, 6.07) is 15.8. The average molecular weight is 436 g/mol. The van der Waals surface area contributed by atoms with E-state index >= 15 is 0 Å². The molecule has 1 aromatic heterocycles. The molecular formula is C26H33N3O3. The molecule has 2 N–H and O–H groups in total. The number of hydrogen-bond acceptors (Lipinski definition) is 5. The smallest absolute Gasteiger partial charge is 0.233 e. The number of amides is 1. The first-order valence-corrected chi connectivity index (χ1v) is 10.9. The molecule has 0 aliphatic carbocycles. The number of carbonyl (C=O) groups excluding carboxylic acids is 2. The summed E-state index contributed by atoms with van der Waals surface area (Å²) in [6.45, 7) is 7.71. The fourth-order valence-corrected chi connectivity index (χ4v) is 3.05. The molecule has 6 nitrogen and oxygen atoms in total. The Morgan fingerprint density at radius 1 is 1.09 bits per heavy atom. The molecule has 1 amide bonds. The highest BCUT2D eigenvalue weighted by Gasteiger charge is 2.20. The summed E-state index contributed by atoms with van der Waals surface area (Å²) in [5, 5.41) is 8.45. The van der Waals surface area contributed by atoms with E-state index in [2.05, 4.69) is 15.6 Å². The zero-order chi connectivity index (χ0) is 23.3. The molecule has 0 radical (unpaired) electrons. The Bertz CT molecular complexity index is 987.